The molecule has 0 amide bonds. The van der Waals surface area contributed by atoms with E-state index in [-0.39, 0.29) is 0 Å². The van der Waals surface area contributed by atoms with Gasteiger partial charge in [-0.15, -0.1) is 0 Å². The standard InChI is InChI=1S/C15H16N4O2/c1-15(2,3)21-14(20)19-10-12(9-17-19)11-4-6-18-7-5-16-13(18)8-11/h4-10H,1-3H3. The minimum Gasteiger partial charge on any atom is -0.442 e. The largest absolute Gasteiger partial charge is 0.442 e. The predicted molar refractivity (Wildman–Crippen MR) is 78.0 cm³/mol. The molecule has 108 valence electrons. The quantitative estimate of drug-likeness (QED) is 0.689. The Morgan fingerprint density at radius 1 is 1.24 bits per heavy atom. The molecule has 0 spiro atoms. The fourth-order valence-corrected chi connectivity index (χ4v) is 1.97. The van der Waals surface area contributed by atoms with Crippen molar-refractivity contribution in [2.75, 3.05) is 0 Å². The van der Waals surface area contributed by atoms with Gasteiger partial charge in [0, 0.05) is 30.4 Å². The summed E-state index contributed by atoms with van der Waals surface area (Å²) in [5, 5.41) is 4.06. The minimum atomic E-state index is -0.544. The summed E-state index contributed by atoms with van der Waals surface area (Å²) in [5.74, 6) is 0. The molecule has 0 N–H and O–H groups in total. The first-order chi connectivity index (χ1) is 9.92. The van der Waals surface area contributed by atoms with Gasteiger partial charge in [0.05, 0.1) is 6.20 Å². The van der Waals surface area contributed by atoms with E-state index in [0.29, 0.717) is 0 Å². The number of carbonyl (C=O) groups is 1. The van der Waals surface area contributed by atoms with Gasteiger partial charge in [0.25, 0.3) is 0 Å². The summed E-state index contributed by atoms with van der Waals surface area (Å²) in [6.07, 6.45) is 8.34. The van der Waals surface area contributed by atoms with Crippen LogP contribution in [0.15, 0.2) is 43.1 Å². The van der Waals surface area contributed by atoms with Gasteiger partial charge in [-0.1, -0.05) is 0 Å². The van der Waals surface area contributed by atoms with Gasteiger partial charge in [0.15, 0.2) is 0 Å². The predicted octanol–water partition coefficient (Wildman–Crippen LogP) is 2.98. The highest BCUT2D eigenvalue weighted by molar-refractivity contribution is 5.73. The Bertz CT molecular complexity index is 795. The van der Waals surface area contributed by atoms with E-state index in [1.165, 1.54) is 4.68 Å². The van der Waals surface area contributed by atoms with Gasteiger partial charge >= 0.3 is 6.09 Å². The molecule has 0 bridgehead atoms. The molecule has 6 nitrogen and oxygen atoms in total. The Hall–Kier alpha value is -2.63. The number of hydrogen-bond acceptors (Lipinski definition) is 4. The summed E-state index contributed by atoms with van der Waals surface area (Å²) < 4.78 is 8.40. The van der Waals surface area contributed by atoms with Gasteiger partial charge in [-0.3, -0.25) is 0 Å². The van der Waals surface area contributed by atoms with Crippen molar-refractivity contribution in [3.63, 3.8) is 0 Å². The zero-order valence-electron chi connectivity index (χ0n) is 12.1. The van der Waals surface area contributed by atoms with Crippen LogP contribution in [0, 0.1) is 0 Å². The molecule has 0 atom stereocenters. The zero-order valence-corrected chi connectivity index (χ0v) is 12.1. The van der Waals surface area contributed by atoms with Crippen LogP contribution in [-0.2, 0) is 4.74 Å². The average molecular weight is 284 g/mol. The van der Waals surface area contributed by atoms with Crippen molar-refractivity contribution in [2.45, 2.75) is 26.4 Å². The second-order valence-corrected chi connectivity index (χ2v) is 5.76. The Labute approximate surface area is 122 Å². The third kappa shape index (κ3) is 2.79. The highest BCUT2D eigenvalue weighted by atomic mass is 16.6. The van der Waals surface area contributed by atoms with Crippen LogP contribution in [0.5, 0.6) is 0 Å². The lowest BCUT2D eigenvalue weighted by Gasteiger charge is -2.18. The maximum Gasteiger partial charge on any atom is 0.435 e. The maximum atomic E-state index is 11.9. The zero-order chi connectivity index (χ0) is 15.0. The number of pyridine rings is 1. The third-order valence-corrected chi connectivity index (χ3v) is 2.89. The summed E-state index contributed by atoms with van der Waals surface area (Å²) in [7, 11) is 0. The van der Waals surface area contributed by atoms with E-state index < -0.39 is 11.7 Å². The number of imidazole rings is 1. The molecular weight excluding hydrogens is 268 g/mol. The topological polar surface area (TPSA) is 61.4 Å². The van der Waals surface area contributed by atoms with Crippen molar-refractivity contribution in [2.24, 2.45) is 0 Å². The number of rotatable bonds is 1. The molecule has 0 aromatic carbocycles. The average Bonchev–Trinajstić information content (AvgIpc) is 3.05. The van der Waals surface area contributed by atoms with Crippen LogP contribution < -0.4 is 0 Å². The SMILES string of the molecule is CC(C)(C)OC(=O)n1cc(-c2ccn3ccnc3c2)cn1. The second kappa shape index (κ2) is 4.73. The normalized spacial score (nSPS) is 11.8. The van der Waals surface area contributed by atoms with Gasteiger partial charge in [0.1, 0.15) is 11.2 Å². The number of hydrogen-bond donors (Lipinski definition) is 0. The molecule has 0 aliphatic carbocycles. The van der Waals surface area contributed by atoms with E-state index in [0.717, 1.165) is 16.8 Å². The first-order valence-electron chi connectivity index (χ1n) is 6.63. The van der Waals surface area contributed by atoms with Crippen LogP contribution in [0.4, 0.5) is 4.79 Å². The van der Waals surface area contributed by atoms with Crippen LogP contribution in [0.1, 0.15) is 20.8 Å². The van der Waals surface area contributed by atoms with E-state index in [9.17, 15) is 4.79 Å². The van der Waals surface area contributed by atoms with Gasteiger partial charge in [0.2, 0.25) is 0 Å². The van der Waals surface area contributed by atoms with Gasteiger partial charge in [-0.05, 0) is 38.5 Å². The number of carbonyl (C=O) groups excluding carboxylic acids is 1. The monoisotopic (exact) mass is 284 g/mol. The molecule has 3 aromatic heterocycles. The molecule has 0 aliphatic rings. The van der Waals surface area contributed by atoms with E-state index >= 15 is 0 Å². The van der Waals surface area contributed by atoms with Crippen molar-refractivity contribution < 1.29 is 9.53 Å². The van der Waals surface area contributed by atoms with E-state index in [2.05, 4.69) is 10.1 Å². The Balaban J connectivity index is 1.88. The minimum absolute atomic E-state index is 0.490. The van der Waals surface area contributed by atoms with E-state index in [1.54, 1.807) is 18.6 Å². The number of ether oxygens (including phenoxy) is 1. The highest BCUT2D eigenvalue weighted by Crippen LogP contribution is 2.20. The van der Waals surface area contributed by atoms with Crippen LogP contribution in [0.3, 0.4) is 0 Å². The lowest BCUT2D eigenvalue weighted by Crippen LogP contribution is -2.27. The number of fused-ring (bicyclic) bond motifs is 1. The van der Waals surface area contributed by atoms with Crippen LogP contribution in [0.2, 0.25) is 0 Å². The van der Waals surface area contributed by atoms with Crippen molar-refractivity contribution in [1.29, 1.82) is 0 Å². The van der Waals surface area contributed by atoms with E-state index in [1.807, 2.05) is 49.7 Å². The Kier molecular flexibility index (Phi) is 3.01. The summed E-state index contributed by atoms with van der Waals surface area (Å²) in [6.45, 7) is 5.46. The summed E-state index contributed by atoms with van der Waals surface area (Å²) in [5.41, 5.74) is 2.09. The van der Waals surface area contributed by atoms with E-state index in [4.69, 9.17) is 4.74 Å². The lowest BCUT2D eigenvalue weighted by molar-refractivity contribution is 0.0514. The molecule has 0 unspecified atom stereocenters. The molecule has 0 saturated heterocycles. The number of nitrogens with zero attached hydrogens (tertiary/aromatic N) is 4. The first-order valence-corrected chi connectivity index (χ1v) is 6.63. The molecule has 0 saturated carbocycles. The molecule has 0 fully saturated rings. The fourth-order valence-electron chi connectivity index (χ4n) is 1.97. The molecule has 3 heterocycles. The van der Waals surface area contributed by atoms with Crippen LogP contribution in [-0.4, -0.2) is 30.9 Å². The molecule has 0 aliphatic heterocycles. The smallest absolute Gasteiger partial charge is 0.435 e. The van der Waals surface area contributed by atoms with Crippen LogP contribution >= 0.6 is 0 Å². The fraction of sp³-hybridized carbons (Fsp3) is 0.267. The lowest BCUT2D eigenvalue weighted by atomic mass is 10.1. The van der Waals surface area contributed by atoms with Crippen molar-refractivity contribution in [1.82, 2.24) is 19.2 Å². The molecule has 21 heavy (non-hydrogen) atoms. The summed E-state index contributed by atoms with van der Waals surface area (Å²) in [6, 6.07) is 3.89. The maximum absolute atomic E-state index is 11.9. The Morgan fingerprint density at radius 3 is 2.81 bits per heavy atom. The van der Waals surface area contributed by atoms with Gasteiger partial charge in [-0.25, -0.2) is 9.78 Å². The second-order valence-electron chi connectivity index (χ2n) is 5.76. The third-order valence-electron chi connectivity index (χ3n) is 2.89. The van der Waals surface area contributed by atoms with Crippen molar-refractivity contribution >= 4 is 11.7 Å². The Morgan fingerprint density at radius 2 is 2.05 bits per heavy atom. The number of aromatic nitrogens is 4. The summed E-state index contributed by atoms with van der Waals surface area (Å²) in [4.78, 5) is 16.2. The van der Waals surface area contributed by atoms with Crippen molar-refractivity contribution in [3.05, 3.63) is 43.1 Å². The molecule has 3 aromatic rings. The van der Waals surface area contributed by atoms with Crippen molar-refractivity contribution in [3.8, 4) is 11.1 Å². The van der Waals surface area contributed by atoms with Gasteiger partial charge in [-0.2, -0.15) is 9.78 Å². The van der Waals surface area contributed by atoms with Crippen LogP contribution in [0.25, 0.3) is 16.8 Å². The molecule has 6 heteroatoms. The highest BCUT2D eigenvalue weighted by Gasteiger charge is 2.18. The van der Waals surface area contributed by atoms with Gasteiger partial charge < -0.3 is 9.14 Å². The molecule has 3 rings (SSSR count). The summed E-state index contributed by atoms with van der Waals surface area (Å²) >= 11 is 0. The molecule has 0 radical (unpaired) electrons. The molecular formula is C15H16N4O2. The first kappa shape index (κ1) is 13.4.